The Morgan fingerprint density at radius 2 is 1.95 bits per heavy atom. The van der Waals surface area contributed by atoms with Crippen molar-refractivity contribution in [1.29, 1.82) is 0 Å². The van der Waals surface area contributed by atoms with Gasteiger partial charge in [0.25, 0.3) is 0 Å². The molecule has 1 fully saturated rings. The van der Waals surface area contributed by atoms with Gasteiger partial charge < -0.3 is 5.32 Å². The third-order valence-corrected chi connectivity index (χ3v) is 5.94. The van der Waals surface area contributed by atoms with Crippen molar-refractivity contribution in [2.45, 2.75) is 55.7 Å². The Bertz CT molecular complexity index is 379. The Balaban J connectivity index is 2.02. The summed E-state index contributed by atoms with van der Waals surface area (Å²) in [6.45, 7) is 5.63. The zero-order chi connectivity index (χ0) is 13.7. The smallest absolute Gasteiger partial charge is 0.0251 e. The SMILES string of the molecule is CCNC1CCC(CC)CC1Sc1ccc(Br)cc1. The molecule has 1 aliphatic carbocycles. The average molecular weight is 342 g/mol. The van der Waals surface area contributed by atoms with Crippen LogP contribution >= 0.6 is 27.7 Å². The molecule has 1 aromatic rings. The first-order chi connectivity index (χ1) is 9.22. The Morgan fingerprint density at radius 1 is 1.21 bits per heavy atom. The number of hydrogen-bond donors (Lipinski definition) is 1. The van der Waals surface area contributed by atoms with Crippen LogP contribution in [0.25, 0.3) is 0 Å². The van der Waals surface area contributed by atoms with Crippen molar-refractivity contribution in [3.05, 3.63) is 28.7 Å². The van der Waals surface area contributed by atoms with E-state index in [9.17, 15) is 0 Å². The highest BCUT2D eigenvalue weighted by molar-refractivity contribution is 9.10. The molecule has 106 valence electrons. The van der Waals surface area contributed by atoms with Gasteiger partial charge in [0.05, 0.1) is 0 Å². The lowest BCUT2D eigenvalue weighted by Crippen LogP contribution is -2.42. The van der Waals surface area contributed by atoms with Gasteiger partial charge >= 0.3 is 0 Å². The maximum Gasteiger partial charge on any atom is 0.0251 e. The quantitative estimate of drug-likeness (QED) is 0.799. The normalized spacial score (nSPS) is 27.4. The van der Waals surface area contributed by atoms with Crippen molar-refractivity contribution < 1.29 is 0 Å². The molecular weight excluding hydrogens is 318 g/mol. The monoisotopic (exact) mass is 341 g/mol. The number of benzene rings is 1. The van der Waals surface area contributed by atoms with Crippen LogP contribution in [0.4, 0.5) is 0 Å². The molecule has 0 spiro atoms. The second-order valence-corrected chi connectivity index (χ2v) is 7.59. The lowest BCUT2D eigenvalue weighted by atomic mass is 9.84. The van der Waals surface area contributed by atoms with E-state index in [1.54, 1.807) is 0 Å². The molecule has 0 radical (unpaired) electrons. The van der Waals surface area contributed by atoms with Gasteiger partial charge in [0, 0.05) is 20.7 Å². The fraction of sp³-hybridized carbons (Fsp3) is 0.625. The Labute approximate surface area is 130 Å². The van der Waals surface area contributed by atoms with Crippen LogP contribution in [0.2, 0.25) is 0 Å². The number of rotatable bonds is 5. The Kier molecular flexibility index (Phi) is 6.24. The van der Waals surface area contributed by atoms with E-state index >= 15 is 0 Å². The zero-order valence-corrected chi connectivity index (χ0v) is 14.3. The minimum Gasteiger partial charge on any atom is -0.313 e. The first-order valence-electron chi connectivity index (χ1n) is 7.38. The average Bonchev–Trinajstić information content (AvgIpc) is 2.43. The summed E-state index contributed by atoms with van der Waals surface area (Å²) >= 11 is 5.56. The van der Waals surface area contributed by atoms with Crippen molar-refractivity contribution in [2.24, 2.45) is 5.92 Å². The molecule has 1 aliphatic rings. The highest BCUT2D eigenvalue weighted by atomic mass is 79.9. The molecule has 0 bridgehead atoms. The lowest BCUT2D eigenvalue weighted by molar-refractivity contribution is 0.298. The maximum absolute atomic E-state index is 3.68. The van der Waals surface area contributed by atoms with Crippen molar-refractivity contribution in [2.75, 3.05) is 6.54 Å². The van der Waals surface area contributed by atoms with Crippen LogP contribution in [0.15, 0.2) is 33.6 Å². The van der Waals surface area contributed by atoms with Crippen LogP contribution in [-0.2, 0) is 0 Å². The van der Waals surface area contributed by atoms with Crippen LogP contribution in [-0.4, -0.2) is 17.8 Å². The topological polar surface area (TPSA) is 12.0 Å². The molecule has 1 nitrogen and oxygen atoms in total. The summed E-state index contributed by atoms with van der Waals surface area (Å²) in [7, 11) is 0. The summed E-state index contributed by atoms with van der Waals surface area (Å²) in [5, 5.41) is 4.40. The molecule has 1 aromatic carbocycles. The standard InChI is InChI=1S/C16H24BrNS/c1-3-12-5-10-15(18-4-2)16(11-12)19-14-8-6-13(17)7-9-14/h6-9,12,15-16,18H,3-5,10-11H2,1-2H3. The Morgan fingerprint density at radius 3 is 2.58 bits per heavy atom. The van der Waals surface area contributed by atoms with Crippen LogP contribution in [0.1, 0.15) is 39.5 Å². The van der Waals surface area contributed by atoms with Gasteiger partial charge in [-0.2, -0.15) is 0 Å². The van der Waals surface area contributed by atoms with Crippen LogP contribution in [0.5, 0.6) is 0 Å². The van der Waals surface area contributed by atoms with E-state index in [0.29, 0.717) is 6.04 Å². The van der Waals surface area contributed by atoms with Crippen molar-refractivity contribution >= 4 is 27.7 Å². The lowest BCUT2D eigenvalue weighted by Gasteiger charge is -2.36. The number of hydrogen-bond acceptors (Lipinski definition) is 2. The molecule has 3 heteroatoms. The van der Waals surface area contributed by atoms with E-state index in [4.69, 9.17) is 0 Å². The van der Waals surface area contributed by atoms with Crippen LogP contribution in [0.3, 0.4) is 0 Å². The summed E-state index contributed by atoms with van der Waals surface area (Å²) in [4.78, 5) is 1.40. The molecule has 0 aliphatic heterocycles. The summed E-state index contributed by atoms with van der Waals surface area (Å²) in [6, 6.07) is 9.43. The number of halogens is 1. The third-order valence-electron chi connectivity index (χ3n) is 4.05. The van der Waals surface area contributed by atoms with Gasteiger partial charge in [-0.15, -0.1) is 11.8 Å². The third kappa shape index (κ3) is 4.51. The summed E-state index contributed by atoms with van der Waals surface area (Å²) in [5.41, 5.74) is 0. The Hall–Kier alpha value is 0.01000. The minimum absolute atomic E-state index is 0.682. The van der Waals surface area contributed by atoms with Gasteiger partial charge in [-0.1, -0.05) is 36.2 Å². The molecular formula is C16H24BrNS. The molecule has 0 aromatic heterocycles. The zero-order valence-electron chi connectivity index (χ0n) is 11.9. The molecule has 2 rings (SSSR count). The van der Waals surface area contributed by atoms with E-state index in [2.05, 4.69) is 71.1 Å². The molecule has 0 amide bonds. The second kappa shape index (κ2) is 7.70. The summed E-state index contributed by atoms with van der Waals surface area (Å²) in [6.07, 6.45) is 5.41. The van der Waals surface area contributed by atoms with Gasteiger partial charge in [0.2, 0.25) is 0 Å². The number of thioether (sulfide) groups is 1. The fourth-order valence-electron chi connectivity index (χ4n) is 2.90. The second-order valence-electron chi connectivity index (χ2n) is 5.36. The van der Waals surface area contributed by atoms with Gasteiger partial charge in [-0.25, -0.2) is 0 Å². The maximum atomic E-state index is 3.68. The van der Waals surface area contributed by atoms with Gasteiger partial charge in [-0.3, -0.25) is 0 Å². The molecule has 3 atom stereocenters. The summed E-state index contributed by atoms with van der Waals surface area (Å²) < 4.78 is 1.16. The highest BCUT2D eigenvalue weighted by Crippen LogP contribution is 2.37. The van der Waals surface area contributed by atoms with E-state index in [-0.39, 0.29) is 0 Å². The predicted molar refractivity (Wildman–Crippen MR) is 88.9 cm³/mol. The molecule has 0 saturated heterocycles. The fourth-order valence-corrected chi connectivity index (χ4v) is 4.57. The van der Waals surface area contributed by atoms with Gasteiger partial charge in [0.1, 0.15) is 0 Å². The van der Waals surface area contributed by atoms with E-state index in [1.807, 2.05) is 0 Å². The van der Waals surface area contributed by atoms with E-state index < -0.39 is 0 Å². The van der Waals surface area contributed by atoms with Gasteiger partial charge in [0.15, 0.2) is 0 Å². The van der Waals surface area contributed by atoms with Crippen LogP contribution < -0.4 is 5.32 Å². The minimum atomic E-state index is 0.682. The van der Waals surface area contributed by atoms with Crippen molar-refractivity contribution in [3.63, 3.8) is 0 Å². The molecule has 1 N–H and O–H groups in total. The van der Waals surface area contributed by atoms with Crippen molar-refractivity contribution in [3.8, 4) is 0 Å². The molecule has 1 saturated carbocycles. The highest BCUT2D eigenvalue weighted by Gasteiger charge is 2.29. The predicted octanol–water partition coefficient (Wildman–Crippen LogP) is 5.10. The van der Waals surface area contributed by atoms with E-state index in [1.165, 1.54) is 30.6 Å². The van der Waals surface area contributed by atoms with Gasteiger partial charge in [-0.05, 0) is 56.0 Å². The largest absolute Gasteiger partial charge is 0.313 e. The number of nitrogens with one attached hydrogen (secondary N) is 1. The van der Waals surface area contributed by atoms with Crippen LogP contribution in [0, 0.1) is 5.92 Å². The first kappa shape index (κ1) is 15.4. The van der Waals surface area contributed by atoms with Crippen molar-refractivity contribution in [1.82, 2.24) is 5.32 Å². The molecule has 19 heavy (non-hydrogen) atoms. The molecule has 0 heterocycles. The first-order valence-corrected chi connectivity index (χ1v) is 9.05. The summed E-state index contributed by atoms with van der Waals surface area (Å²) in [5.74, 6) is 0.919. The van der Waals surface area contributed by atoms with E-state index in [0.717, 1.165) is 22.2 Å². The molecule has 3 unspecified atom stereocenters.